The fourth-order valence-corrected chi connectivity index (χ4v) is 2.45. The Morgan fingerprint density at radius 3 is 2.27 bits per heavy atom. The first-order valence-electron chi connectivity index (χ1n) is 6.50. The molecule has 1 aliphatic carbocycles. The number of rotatable bonds is 4. The Balaban J connectivity index is 0.000000921. The first-order chi connectivity index (χ1) is 7.22. The molecular formula is C13H30N2. The molecule has 0 heterocycles. The molecule has 0 saturated heterocycles. The predicted molar refractivity (Wildman–Crippen MR) is 68.7 cm³/mol. The summed E-state index contributed by atoms with van der Waals surface area (Å²) in [5.74, 6) is 2.70. The number of hydrogen-bond acceptors (Lipinski definition) is 2. The molecule has 2 nitrogen and oxygen atoms in total. The SMILES string of the molecule is CC(C)CCC1CCCC(CN)C1.CN. The number of hydrogen-bond donors (Lipinski definition) is 2. The van der Waals surface area contributed by atoms with Gasteiger partial charge in [0, 0.05) is 0 Å². The first kappa shape index (κ1) is 14.9. The molecule has 2 heteroatoms. The maximum atomic E-state index is 5.72. The molecule has 0 aromatic rings. The van der Waals surface area contributed by atoms with Crippen molar-refractivity contribution in [2.45, 2.75) is 52.4 Å². The Hall–Kier alpha value is -0.0800. The molecule has 0 aliphatic heterocycles. The van der Waals surface area contributed by atoms with E-state index in [1.165, 1.54) is 45.6 Å². The summed E-state index contributed by atoms with van der Waals surface area (Å²) in [6, 6.07) is 0. The fraction of sp³-hybridized carbons (Fsp3) is 1.00. The first-order valence-corrected chi connectivity index (χ1v) is 6.50. The molecule has 0 aromatic carbocycles. The zero-order valence-electron chi connectivity index (χ0n) is 10.8. The molecule has 0 amide bonds. The van der Waals surface area contributed by atoms with Crippen molar-refractivity contribution in [2.75, 3.05) is 13.6 Å². The molecule has 2 unspecified atom stereocenters. The topological polar surface area (TPSA) is 52.0 Å². The molecule has 4 N–H and O–H groups in total. The monoisotopic (exact) mass is 214 g/mol. The zero-order valence-corrected chi connectivity index (χ0v) is 10.8. The van der Waals surface area contributed by atoms with Crippen LogP contribution in [0.1, 0.15) is 52.4 Å². The van der Waals surface area contributed by atoms with E-state index in [1.807, 2.05) is 0 Å². The maximum Gasteiger partial charge on any atom is -0.00488 e. The van der Waals surface area contributed by atoms with E-state index in [4.69, 9.17) is 5.73 Å². The second kappa shape index (κ2) is 9.17. The summed E-state index contributed by atoms with van der Waals surface area (Å²) >= 11 is 0. The van der Waals surface area contributed by atoms with Gasteiger partial charge in [-0.2, -0.15) is 0 Å². The van der Waals surface area contributed by atoms with E-state index in [9.17, 15) is 0 Å². The van der Waals surface area contributed by atoms with Gasteiger partial charge in [-0.15, -0.1) is 0 Å². The van der Waals surface area contributed by atoms with E-state index in [0.29, 0.717) is 0 Å². The fourth-order valence-electron chi connectivity index (χ4n) is 2.45. The van der Waals surface area contributed by atoms with Gasteiger partial charge < -0.3 is 11.5 Å². The van der Waals surface area contributed by atoms with E-state index in [0.717, 1.165) is 24.3 Å². The third-order valence-electron chi connectivity index (χ3n) is 3.38. The average Bonchev–Trinajstić information content (AvgIpc) is 2.29. The van der Waals surface area contributed by atoms with E-state index in [1.54, 1.807) is 0 Å². The highest BCUT2D eigenvalue weighted by atomic mass is 14.6. The van der Waals surface area contributed by atoms with Gasteiger partial charge in [0.25, 0.3) is 0 Å². The van der Waals surface area contributed by atoms with Crippen LogP contribution in [0.4, 0.5) is 0 Å². The molecule has 0 spiro atoms. The van der Waals surface area contributed by atoms with E-state index in [-0.39, 0.29) is 0 Å². The summed E-state index contributed by atoms with van der Waals surface area (Å²) in [7, 11) is 1.50. The largest absolute Gasteiger partial charge is 0.333 e. The lowest BCUT2D eigenvalue weighted by atomic mass is 9.78. The van der Waals surface area contributed by atoms with Crippen LogP contribution in [0, 0.1) is 17.8 Å². The standard InChI is InChI=1S/C12H25N.CH5N/c1-10(2)6-7-11-4-3-5-12(8-11)9-13;1-2/h10-12H,3-9,13H2,1-2H3;2H2,1H3. The summed E-state index contributed by atoms with van der Waals surface area (Å²) < 4.78 is 0. The zero-order chi connectivity index (χ0) is 11.7. The van der Waals surface area contributed by atoms with Gasteiger partial charge in [0.1, 0.15) is 0 Å². The highest BCUT2D eigenvalue weighted by molar-refractivity contribution is 4.73. The lowest BCUT2D eigenvalue weighted by Crippen LogP contribution is -2.22. The van der Waals surface area contributed by atoms with Gasteiger partial charge in [0.2, 0.25) is 0 Å². The Bertz CT molecular complexity index is 134. The molecule has 2 atom stereocenters. The van der Waals surface area contributed by atoms with Gasteiger partial charge in [-0.3, -0.25) is 0 Å². The smallest absolute Gasteiger partial charge is 0.00488 e. The third kappa shape index (κ3) is 6.91. The van der Waals surface area contributed by atoms with Crippen molar-refractivity contribution < 1.29 is 0 Å². The van der Waals surface area contributed by atoms with Crippen LogP contribution in [0.15, 0.2) is 0 Å². The minimum Gasteiger partial charge on any atom is -0.333 e. The normalized spacial score (nSPS) is 26.0. The second-order valence-electron chi connectivity index (χ2n) is 5.11. The summed E-state index contributed by atoms with van der Waals surface area (Å²) in [6.07, 6.45) is 8.52. The van der Waals surface area contributed by atoms with Crippen molar-refractivity contribution in [1.29, 1.82) is 0 Å². The van der Waals surface area contributed by atoms with Crippen molar-refractivity contribution in [2.24, 2.45) is 29.2 Å². The van der Waals surface area contributed by atoms with E-state index >= 15 is 0 Å². The van der Waals surface area contributed by atoms with Crippen molar-refractivity contribution in [1.82, 2.24) is 0 Å². The Morgan fingerprint density at radius 2 is 1.73 bits per heavy atom. The van der Waals surface area contributed by atoms with Crippen LogP contribution in [-0.4, -0.2) is 13.6 Å². The molecular weight excluding hydrogens is 184 g/mol. The van der Waals surface area contributed by atoms with Crippen LogP contribution in [0.2, 0.25) is 0 Å². The van der Waals surface area contributed by atoms with Crippen molar-refractivity contribution in [3.8, 4) is 0 Å². The summed E-state index contributed by atoms with van der Waals surface area (Å²) in [6.45, 7) is 5.56. The van der Waals surface area contributed by atoms with Crippen LogP contribution in [0.5, 0.6) is 0 Å². The van der Waals surface area contributed by atoms with Gasteiger partial charge in [0.05, 0.1) is 0 Å². The maximum absolute atomic E-state index is 5.72. The lowest BCUT2D eigenvalue weighted by molar-refractivity contribution is 0.249. The predicted octanol–water partition coefficient (Wildman–Crippen LogP) is 2.76. The Morgan fingerprint density at radius 1 is 1.13 bits per heavy atom. The molecule has 1 fully saturated rings. The summed E-state index contributed by atoms with van der Waals surface area (Å²) in [4.78, 5) is 0. The van der Waals surface area contributed by atoms with Gasteiger partial charge in [-0.05, 0) is 44.2 Å². The Labute approximate surface area is 95.8 Å². The Kier molecular flexibility index (Phi) is 9.12. The molecule has 15 heavy (non-hydrogen) atoms. The molecule has 1 saturated carbocycles. The van der Waals surface area contributed by atoms with Gasteiger partial charge >= 0.3 is 0 Å². The van der Waals surface area contributed by atoms with Crippen molar-refractivity contribution >= 4 is 0 Å². The van der Waals surface area contributed by atoms with E-state index < -0.39 is 0 Å². The molecule has 1 aliphatic rings. The van der Waals surface area contributed by atoms with Crippen LogP contribution in [0.3, 0.4) is 0 Å². The van der Waals surface area contributed by atoms with Crippen molar-refractivity contribution in [3.05, 3.63) is 0 Å². The highest BCUT2D eigenvalue weighted by Gasteiger charge is 2.20. The molecule has 0 bridgehead atoms. The average molecular weight is 214 g/mol. The van der Waals surface area contributed by atoms with Crippen LogP contribution in [-0.2, 0) is 0 Å². The van der Waals surface area contributed by atoms with Gasteiger partial charge in [-0.25, -0.2) is 0 Å². The minimum atomic E-state index is 0.839. The summed E-state index contributed by atoms with van der Waals surface area (Å²) in [5, 5.41) is 0. The van der Waals surface area contributed by atoms with Crippen molar-refractivity contribution in [3.63, 3.8) is 0 Å². The van der Waals surface area contributed by atoms with Crippen LogP contribution < -0.4 is 11.5 Å². The van der Waals surface area contributed by atoms with Gasteiger partial charge in [-0.1, -0.05) is 39.5 Å². The van der Waals surface area contributed by atoms with E-state index in [2.05, 4.69) is 19.6 Å². The number of nitrogens with two attached hydrogens (primary N) is 2. The summed E-state index contributed by atoms with van der Waals surface area (Å²) in [5.41, 5.74) is 10.2. The molecule has 1 rings (SSSR count). The quantitative estimate of drug-likeness (QED) is 0.756. The highest BCUT2D eigenvalue weighted by Crippen LogP contribution is 2.31. The van der Waals surface area contributed by atoms with Gasteiger partial charge in [0.15, 0.2) is 0 Å². The van der Waals surface area contributed by atoms with Crippen LogP contribution in [0.25, 0.3) is 0 Å². The second-order valence-corrected chi connectivity index (χ2v) is 5.11. The molecule has 92 valence electrons. The van der Waals surface area contributed by atoms with Crippen LogP contribution >= 0.6 is 0 Å². The third-order valence-corrected chi connectivity index (χ3v) is 3.38. The lowest BCUT2D eigenvalue weighted by Gasteiger charge is -2.28. The molecule has 0 aromatic heterocycles. The molecule has 0 radical (unpaired) electrons. The minimum absolute atomic E-state index is 0.839.